The van der Waals surface area contributed by atoms with Gasteiger partial charge in [-0.25, -0.2) is 0 Å². The Morgan fingerprint density at radius 2 is 2.26 bits per heavy atom. The minimum atomic E-state index is 0.358. The molecule has 1 aliphatic rings. The van der Waals surface area contributed by atoms with Gasteiger partial charge in [0, 0.05) is 28.6 Å². The minimum Gasteiger partial charge on any atom is -0.311 e. The number of hydrogen-bond acceptors (Lipinski definition) is 4. The number of nitrogens with one attached hydrogen (secondary N) is 1. The summed E-state index contributed by atoms with van der Waals surface area (Å²) in [6, 6.07) is 0.358. The van der Waals surface area contributed by atoms with Crippen molar-refractivity contribution < 1.29 is 0 Å². The van der Waals surface area contributed by atoms with Crippen LogP contribution in [0.4, 0.5) is 0 Å². The van der Waals surface area contributed by atoms with Crippen LogP contribution in [0, 0.1) is 0 Å². The summed E-state index contributed by atoms with van der Waals surface area (Å²) in [5.74, 6) is 2.52. The highest BCUT2D eigenvalue weighted by Gasteiger charge is 2.33. The smallest absolute Gasteiger partial charge is 0.0707 e. The van der Waals surface area contributed by atoms with Gasteiger partial charge in [0.15, 0.2) is 0 Å². The first kappa shape index (κ1) is 15.7. The summed E-state index contributed by atoms with van der Waals surface area (Å²) in [5, 5.41) is 9.31. The zero-order valence-corrected chi connectivity index (χ0v) is 14.9. The third-order valence-electron chi connectivity index (χ3n) is 3.44. The van der Waals surface area contributed by atoms with E-state index < -0.39 is 0 Å². The fraction of sp³-hybridized carbons (Fsp3) is 0.769. The Morgan fingerprint density at radius 1 is 1.53 bits per heavy atom. The molecule has 3 nitrogen and oxygen atoms in total. The summed E-state index contributed by atoms with van der Waals surface area (Å²) >= 11 is 7.85. The number of halogens is 1. The van der Waals surface area contributed by atoms with Crippen molar-refractivity contribution in [1.82, 2.24) is 15.1 Å². The van der Waals surface area contributed by atoms with Crippen LogP contribution in [0.5, 0.6) is 0 Å². The zero-order chi connectivity index (χ0) is 13.8. The van der Waals surface area contributed by atoms with Crippen LogP contribution in [0.3, 0.4) is 0 Å². The van der Waals surface area contributed by atoms with Crippen molar-refractivity contribution in [3.8, 4) is 0 Å². The summed E-state index contributed by atoms with van der Waals surface area (Å²) in [6.45, 7) is 5.53. The Labute approximate surface area is 132 Å². The van der Waals surface area contributed by atoms with E-state index in [4.69, 9.17) is 0 Å². The highest BCUT2D eigenvalue weighted by Crippen LogP contribution is 2.40. The Hall–Kier alpha value is 0.350. The van der Waals surface area contributed by atoms with Crippen LogP contribution in [-0.2, 0) is 6.54 Å². The van der Waals surface area contributed by atoms with Gasteiger partial charge in [-0.3, -0.25) is 4.68 Å². The fourth-order valence-electron chi connectivity index (χ4n) is 2.54. The van der Waals surface area contributed by atoms with E-state index >= 15 is 0 Å². The average Bonchev–Trinajstić information content (AvgIpc) is 2.75. The van der Waals surface area contributed by atoms with E-state index in [0.717, 1.165) is 17.4 Å². The molecule has 0 aromatic carbocycles. The van der Waals surface area contributed by atoms with E-state index in [1.165, 1.54) is 17.2 Å². The van der Waals surface area contributed by atoms with Crippen LogP contribution in [0.15, 0.2) is 10.7 Å². The molecule has 3 atom stereocenters. The van der Waals surface area contributed by atoms with Gasteiger partial charge in [0.1, 0.15) is 0 Å². The van der Waals surface area contributed by atoms with Crippen LogP contribution in [-0.4, -0.2) is 38.8 Å². The molecule has 2 rings (SSSR count). The molecular formula is C13H22BrN3S2. The number of rotatable bonds is 5. The molecule has 6 heteroatoms. The van der Waals surface area contributed by atoms with Crippen LogP contribution in [0.2, 0.25) is 0 Å². The molecule has 2 heterocycles. The largest absolute Gasteiger partial charge is 0.311 e. The van der Waals surface area contributed by atoms with Gasteiger partial charge in [0.25, 0.3) is 0 Å². The molecule has 0 spiro atoms. The molecule has 0 amide bonds. The molecule has 1 aromatic heterocycles. The van der Waals surface area contributed by atoms with E-state index in [9.17, 15) is 0 Å². The van der Waals surface area contributed by atoms with Gasteiger partial charge < -0.3 is 5.32 Å². The molecule has 1 saturated heterocycles. The highest BCUT2D eigenvalue weighted by atomic mass is 79.9. The van der Waals surface area contributed by atoms with E-state index in [2.05, 4.69) is 75.4 Å². The first-order valence-corrected chi connectivity index (χ1v) is 9.69. The van der Waals surface area contributed by atoms with Gasteiger partial charge in [-0.1, -0.05) is 13.8 Å². The Kier molecular flexibility index (Phi) is 6.11. The van der Waals surface area contributed by atoms with Gasteiger partial charge >= 0.3 is 0 Å². The maximum atomic E-state index is 4.51. The van der Waals surface area contributed by atoms with Crippen molar-refractivity contribution in [3.63, 3.8) is 0 Å². The van der Waals surface area contributed by atoms with Gasteiger partial charge in [0.2, 0.25) is 0 Å². The van der Waals surface area contributed by atoms with Crippen molar-refractivity contribution in [1.29, 1.82) is 0 Å². The van der Waals surface area contributed by atoms with Gasteiger partial charge in [-0.15, -0.1) is 0 Å². The van der Waals surface area contributed by atoms with Crippen molar-refractivity contribution >= 4 is 39.5 Å². The predicted molar refractivity (Wildman–Crippen MR) is 90.2 cm³/mol. The molecule has 108 valence electrons. The lowest BCUT2D eigenvalue weighted by atomic mass is 10.1. The van der Waals surface area contributed by atoms with Crippen LogP contribution in [0.1, 0.15) is 32.0 Å². The highest BCUT2D eigenvalue weighted by molar-refractivity contribution is 9.10. The number of aromatic nitrogens is 2. The van der Waals surface area contributed by atoms with E-state index in [0.29, 0.717) is 16.5 Å². The van der Waals surface area contributed by atoms with Crippen LogP contribution < -0.4 is 5.32 Å². The monoisotopic (exact) mass is 363 g/mol. The fourth-order valence-corrected chi connectivity index (χ4v) is 6.05. The lowest BCUT2D eigenvalue weighted by Crippen LogP contribution is -2.37. The maximum absolute atomic E-state index is 4.51. The second kappa shape index (κ2) is 7.38. The quantitative estimate of drug-likeness (QED) is 0.865. The predicted octanol–water partition coefficient (Wildman–Crippen LogP) is 3.55. The molecule has 0 bridgehead atoms. The molecule has 0 radical (unpaired) electrons. The Balaban J connectivity index is 2.27. The lowest BCUT2D eigenvalue weighted by molar-refractivity contribution is 0.482. The van der Waals surface area contributed by atoms with Crippen LogP contribution in [0.25, 0.3) is 0 Å². The summed E-state index contributed by atoms with van der Waals surface area (Å²) < 4.78 is 3.28. The lowest BCUT2D eigenvalue weighted by Gasteiger charge is -2.34. The van der Waals surface area contributed by atoms with Gasteiger partial charge in [-0.2, -0.15) is 28.6 Å². The number of aryl methyl sites for hydroxylation is 1. The van der Waals surface area contributed by atoms with Crippen LogP contribution >= 0.6 is 39.5 Å². The normalized spacial score (nSPS) is 25.5. The van der Waals surface area contributed by atoms with Crippen molar-refractivity contribution in [2.75, 3.05) is 18.6 Å². The van der Waals surface area contributed by atoms with Gasteiger partial charge in [0.05, 0.1) is 22.4 Å². The summed E-state index contributed by atoms with van der Waals surface area (Å²) in [7, 11) is 2.06. The van der Waals surface area contributed by atoms with Crippen molar-refractivity contribution in [2.24, 2.45) is 0 Å². The Morgan fingerprint density at radius 3 is 2.89 bits per heavy atom. The van der Waals surface area contributed by atoms with Crippen molar-refractivity contribution in [2.45, 2.75) is 43.4 Å². The zero-order valence-electron chi connectivity index (χ0n) is 11.7. The molecule has 1 fully saturated rings. The molecule has 1 aromatic rings. The average molecular weight is 364 g/mol. The second-order valence-corrected chi connectivity index (χ2v) is 8.40. The third-order valence-corrected chi connectivity index (χ3v) is 7.25. The van der Waals surface area contributed by atoms with E-state index in [1.54, 1.807) is 0 Å². The van der Waals surface area contributed by atoms with E-state index in [-0.39, 0.29) is 0 Å². The van der Waals surface area contributed by atoms with Crippen molar-refractivity contribution in [3.05, 3.63) is 16.4 Å². The molecular weight excluding hydrogens is 342 g/mol. The number of thioether (sulfide) groups is 2. The first-order valence-electron chi connectivity index (χ1n) is 6.80. The minimum absolute atomic E-state index is 0.358. The first-order chi connectivity index (χ1) is 9.19. The molecule has 3 unspecified atom stereocenters. The molecule has 0 aliphatic carbocycles. The standard InChI is InChI=1S/C13H22BrN3S2/c1-4-5-17-12(10(14)8-16-17)11(15-3)13-9(2)18-6-7-19-13/h8-9,11,13,15H,4-7H2,1-3H3. The SMILES string of the molecule is CCCn1ncc(Br)c1C(NC)C1SCCSC1C. The number of nitrogens with zero attached hydrogens (tertiary/aromatic N) is 2. The Bertz CT molecular complexity index is 411. The molecule has 0 saturated carbocycles. The molecule has 19 heavy (non-hydrogen) atoms. The molecule has 1 N–H and O–H groups in total. The third kappa shape index (κ3) is 3.52. The summed E-state index contributed by atoms with van der Waals surface area (Å²) in [5.41, 5.74) is 1.30. The van der Waals surface area contributed by atoms with Gasteiger partial charge in [-0.05, 0) is 29.4 Å². The molecule has 1 aliphatic heterocycles. The topological polar surface area (TPSA) is 29.9 Å². The number of hydrogen-bond donors (Lipinski definition) is 1. The summed E-state index contributed by atoms with van der Waals surface area (Å²) in [6.07, 6.45) is 3.04. The maximum Gasteiger partial charge on any atom is 0.0707 e. The summed E-state index contributed by atoms with van der Waals surface area (Å²) in [4.78, 5) is 0. The van der Waals surface area contributed by atoms with E-state index in [1.807, 2.05) is 6.20 Å². The second-order valence-electron chi connectivity index (χ2n) is 4.78.